The van der Waals surface area contributed by atoms with Crippen LogP contribution in [0.2, 0.25) is 0 Å². The molecule has 0 atom stereocenters. The number of rotatable bonds is 3. The van der Waals surface area contributed by atoms with E-state index in [1.165, 1.54) is 11.2 Å². The third-order valence-corrected chi connectivity index (χ3v) is 3.82. The molecule has 0 unspecified atom stereocenters. The minimum absolute atomic E-state index is 0.162. The van der Waals surface area contributed by atoms with Gasteiger partial charge in [-0.3, -0.25) is 4.79 Å². The number of oxazole rings is 1. The highest BCUT2D eigenvalue weighted by Crippen LogP contribution is 2.33. The van der Waals surface area contributed by atoms with Crippen molar-refractivity contribution in [1.29, 1.82) is 0 Å². The monoisotopic (exact) mass is 304 g/mol. The van der Waals surface area contributed by atoms with Gasteiger partial charge in [-0.25, -0.2) is 4.98 Å². The molecule has 0 radical (unpaired) electrons. The minimum atomic E-state index is -0.258. The summed E-state index contributed by atoms with van der Waals surface area (Å²) in [5, 5.41) is 2.86. The lowest BCUT2D eigenvalue weighted by molar-refractivity contribution is 0.102. The molecule has 0 aliphatic heterocycles. The summed E-state index contributed by atoms with van der Waals surface area (Å²) in [7, 11) is 0. The molecule has 0 saturated heterocycles. The van der Waals surface area contributed by atoms with Gasteiger partial charge in [-0.1, -0.05) is 20.8 Å². The Hall–Kier alpha value is -1.75. The lowest BCUT2D eigenvalue weighted by Gasteiger charge is -2.18. The van der Waals surface area contributed by atoms with Crippen molar-refractivity contribution in [1.82, 2.24) is 4.98 Å². The molecule has 0 bridgehead atoms. The third kappa shape index (κ3) is 4.36. The summed E-state index contributed by atoms with van der Waals surface area (Å²) in [5.41, 5.74) is 2.11. The van der Waals surface area contributed by atoms with Gasteiger partial charge in [0.1, 0.15) is 6.26 Å². The predicted octanol–water partition coefficient (Wildman–Crippen LogP) is 4.43. The third-order valence-electron chi connectivity index (χ3n) is 2.72. The van der Waals surface area contributed by atoms with Crippen LogP contribution in [0, 0.1) is 13.8 Å². The Balaban J connectivity index is 2.12. The number of hydrogen-bond donors (Lipinski definition) is 1. The van der Waals surface area contributed by atoms with Crippen LogP contribution >= 0.6 is 11.8 Å². The van der Waals surface area contributed by atoms with E-state index in [0.29, 0.717) is 11.6 Å². The van der Waals surface area contributed by atoms with Gasteiger partial charge in [-0.2, -0.15) is 0 Å². The number of carbonyl (C=O) groups is 1. The maximum atomic E-state index is 12.1. The normalized spacial score (nSPS) is 11.5. The van der Waals surface area contributed by atoms with Crippen molar-refractivity contribution in [2.75, 3.05) is 5.32 Å². The molecule has 1 amide bonds. The highest BCUT2D eigenvalue weighted by Gasteiger charge is 2.14. The van der Waals surface area contributed by atoms with Gasteiger partial charge in [0, 0.05) is 22.3 Å². The van der Waals surface area contributed by atoms with Gasteiger partial charge in [0.15, 0.2) is 11.6 Å². The second-order valence-electron chi connectivity index (χ2n) is 5.90. The Morgan fingerprint density at radius 3 is 2.52 bits per heavy atom. The van der Waals surface area contributed by atoms with Crippen molar-refractivity contribution in [2.45, 2.75) is 44.3 Å². The summed E-state index contributed by atoms with van der Waals surface area (Å²) >= 11 is 1.80. The SMILES string of the molecule is Cc1nc(C(=O)Nc2ccc(SC(C)(C)C)cc2C)co1. The first kappa shape index (κ1) is 15.6. The summed E-state index contributed by atoms with van der Waals surface area (Å²) in [5.74, 6) is 0.222. The highest BCUT2D eigenvalue weighted by molar-refractivity contribution is 8.00. The molecule has 21 heavy (non-hydrogen) atoms. The number of anilines is 1. The lowest BCUT2D eigenvalue weighted by atomic mass is 10.2. The van der Waals surface area contributed by atoms with Crippen molar-refractivity contribution in [3.8, 4) is 0 Å². The zero-order valence-electron chi connectivity index (χ0n) is 13.0. The molecule has 0 fully saturated rings. The van der Waals surface area contributed by atoms with Crippen LogP contribution in [0.25, 0.3) is 0 Å². The number of aromatic nitrogens is 1. The Morgan fingerprint density at radius 2 is 2.00 bits per heavy atom. The first-order chi connectivity index (χ1) is 9.74. The molecular formula is C16H20N2O2S. The summed E-state index contributed by atoms with van der Waals surface area (Å²) in [6, 6.07) is 6.03. The Kier molecular flexibility index (Phi) is 4.42. The average Bonchev–Trinajstić information content (AvgIpc) is 2.77. The van der Waals surface area contributed by atoms with E-state index in [2.05, 4.69) is 37.1 Å². The predicted molar refractivity (Wildman–Crippen MR) is 86.0 cm³/mol. The number of nitrogens with one attached hydrogen (secondary N) is 1. The number of carbonyl (C=O) groups excluding carboxylic acids is 1. The van der Waals surface area contributed by atoms with Crippen LogP contribution in [0.1, 0.15) is 42.7 Å². The second kappa shape index (κ2) is 5.93. The van der Waals surface area contributed by atoms with Crippen LogP contribution in [-0.4, -0.2) is 15.6 Å². The van der Waals surface area contributed by atoms with Gasteiger partial charge >= 0.3 is 0 Å². The van der Waals surface area contributed by atoms with Gasteiger partial charge in [0.25, 0.3) is 5.91 Å². The van der Waals surface area contributed by atoms with Gasteiger partial charge in [-0.05, 0) is 30.7 Å². The molecule has 5 heteroatoms. The van der Waals surface area contributed by atoms with Crippen LogP contribution in [0.3, 0.4) is 0 Å². The van der Waals surface area contributed by atoms with Crippen LogP contribution in [0.15, 0.2) is 33.8 Å². The van der Waals surface area contributed by atoms with Crippen LogP contribution in [0.5, 0.6) is 0 Å². The van der Waals surface area contributed by atoms with E-state index < -0.39 is 0 Å². The van der Waals surface area contributed by atoms with Crippen molar-refractivity contribution in [3.63, 3.8) is 0 Å². The molecule has 112 valence electrons. The van der Waals surface area contributed by atoms with E-state index in [4.69, 9.17) is 4.42 Å². The molecule has 2 aromatic rings. The molecule has 0 spiro atoms. The molecule has 1 aromatic heterocycles. The molecule has 0 aliphatic rings. The zero-order chi connectivity index (χ0) is 15.6. The van der Waals surface area contributed by atoms with Crippen LogP contribution < -0.4 is 5.32 Å². The van der Waals surface area contributed by atoms with E-state index in [1.54, 1.807) is 18.7 Å². The van der Waals surface area contributed by atoms with Gasteiger partial charge in [0.05, 0.1) is 0 Å². The number of thioether (sulfide) groups is 1. The zero-order valence-corrected chi connectivity index (χ0v) is 13.8. The molecule has 1 aromatic carbocycles. The number of nitrogens with zero attached hydrogens (tertiary/aromatic N) is 1. The van der Waals surface area contributed by atoms with E-state index in [-0.39, 0.29) is 10.7 Å². The highest BCUT2D eigenvalue weighted by atomic mass is 32.2. The van der Waals surface area contributed by atoms with Gasteiger partial charge < -0.3 is 9.73 Å². The summed E-state index contributed by atoms with van der Waals surface area (Å²) in [6.07, 6.45) is 1.36. The quantitative estimate of drug-likeness (QED) is 0.852. The van der Waals surface area contributed by atoms with Gasteiger partial charge in [0.2, 0.25) is 0 Å². The number of benzene rings is 1. The fourth-order valence-electron chi connectivity index (χ4n) is 1.85. The molecule has 2 rings (SSSR count). The smallest absolute Gasteiger partial charge is 0.277 e. The largest absolute Gasteiger partial charge is 0.448 e. The molecule has 0 saturated carbocycles. The number of aryl methyl sites for hydroxylation is 2. The van der Waals surface area contributed by atoms with Crippen molar-refractivity contribution in [2.24, 2.45) is 0 Å². The number of hydrogen-bond acceptors (Lipinski definition) is 4. The van der Waals surface area contributed by atoms with Crippen molar-refractivity contribution in [3.05, 3.63) is 41.6 Å². The van der Waals surface area contributed by atoms with E-state index in [0.717, 1.165) is 11.3 Å². The summed E-state index contributed by atoms with van der Waals surface area (Å²) in [4.78, 5) is 17.3. The maximum Gasteiger partial charge on any atom is 0.277 e. The number of amides is 1. The standard InChI is InChI=1S/C16H20N2O2S/c1-10-8-12(21-16(3,4)5)6-7-13(10)18-15(19)14-9-20-11(2)17-14/h6-9H,1-5H3,(H,18,19). The van der Waals surface area contributed by atoms with E-state index >= 15 is 0 Å². The topological polar surface area (TPSA) is 55.1 Å². The fourth-order valence-corrected chi connectivity index (χ4v) is 2.93. The molecular weight excluding hydrogens is 284 g/mol. The van der Waals surface area contributed by atoms with E-state index in [9.17, 15) is 4.79 Å². The Morgan fingerprint density at radius 1 is 1.29 bits per heavy atom. The van der Waals surface area contributed by atoms with E-state index in [1.807, 2.05) is 19.1 Å². The first-order valence-corrected chi connectivity index (χ1v) is 7.59. The molecule has 1 N–H and O–H groups in total. The summed E-state index contributed by atoms with van der Waals surface area (Å²) in [6.45, 7) is 10.2. The molecule has 4 nitrogen and oxygen atoms in total. The van der Waals surface area contributed by atoms with Crippen molar-refractivity contribution < 1.29 is 9.21 Å². The average molecular weight is 304 g/mol. The fraction of sp³-hybridized carbons (Fsp3) is 0.375. The van der Waals surface area contributed by atoms with Crippen molar-refractivity contribution >= 4 is 23.4 Å². The maximum absolute atomic E-state index is 12.1. The first-order valence-electron chi connectivity index (χ1n) is 6.78. The summed E-state index contributed by atoms with van der Waals surface area (Å²) < 4.78 is 5.21. The second-order valence-corrected chi connectivity index (χ2v) is 7.80. The minimum Gasteiger partial charge on any atom is -0.448 e. The van der Waals surface area contributed by atoms with Gasteiger partial charge in [-0.15, -0.1) is 11.8 Å². The Labute approximate surface area is 129 Å². The van der Waals surface area contributed by atoms with Crippen LogP contribution in [-0.2, 0) is 0 Å². The Bertz CT molecular complexity index is 657. The molecule has 0 aliphatic carbocycles. The lowest BCUT2D eigenvalue weighted by Crippen LogP contribution is -2.13. The molecule has 1 heterocycles. The van der Waals surface area contributed by atoms with Crippen LogP contribution in [0.4, 0.5) is 5.69 Å².